The first kappa shape index (κ1) is 9.06. The van der Waals surface area contributed by atoms with Crippen molar-refractivity contribution in [1.29, 1.82) is 0 Å². The molecule has 0 aromatic heterocycles. The van der Waals surface area contributed by atoms with Gasteiger partial charge in [-0.1, -0.05) is 0 Å². The third-order valence-electron chi connectivity index (χ3n) is 2.42. The maximum atomic E-state index is 5.15. The molecule has 1 heterocycles. The Balaban J connectivity index is 2.74. The van der Waals surface area contributed by atoms with E-state index in [2.05, 4.69) is 22.9 Å². The largest absolute Gasteiger partial charge is 0.478 e. The summed E-state index contributed by atoms with van der Waals surface area (Å²) in [6.45, 7) is 2.53. The zero-order valence-corrected chi connectivity index (χ0v) is 8.74. The zero-order valence-electron chi connectivity index (χ0n) is 8.74. The minimum atomic E-state index is 0.435. The molecule has 0 bridgehead atoms. The minimum Gasteiger partial charge on any atom is -0.478 e. The van der Waals surface area contributed by atoms with Crippen LogP contribution in [0.1, 0.15) is 5.56 Å². The fourth-order valence-electron chi connectivity index (χ4n) is 1.73. The van der Waals surface area contributed by atoms with Gasteiger partial charge in [0.1, 0.15) is 0 Å². The fourth-order valence-corrected chi connectivity index (χ4v) is 1.73. The molecule has 0 aliphatic carbocycles. The molecule has 0 spiro atoms. The van der Waals surface area contributed by atoms with Crippen LogP contribution in [0.3, 0.4) is 0 Å². The van der Waals surface area contributed by atoms with E-state index in [1.807, 2.05) is 20.2 Å². The van der Waals surface area contributed by atoms with Crippen LogP contribution in [0.5, 0.6) is 0 Å². The predicted molar refractivity (Wildman–Crippen MR) is 56.7 cm³/mol. The van der Waals surface area contributed by atoms with E-state index in [1.165, 1.54) is 11.3 Å². The Morgan fingerprint density at radius 3 is 2.86 bits per heavy atom. The van der Waals surface area contributed by atoms with Crippen LogP contribution in [0.4, 0.5) is 5.69 Å². The number of nitrogens with zero attached hydrogens (tertiary/aromatic N) is 2. The van der Waals surface area contributed by atoms with Crippen LogP contribution in [0.25, 0.3) is 6.26 Å². The van der Waals surface area contributed by atoms with Crippen LogP contribution in [0, 0.1) is 6.92 Å². The summed E-state index contributed by atoms with van der Waals surface area (Å²) in [5.41, 5.74) is 2.43. The van der Waals surface area contributed by atoms with Crippen molar-refractivity contribution in [1.82, 2.24) is 0 Å². The molecule has 0 radical (unpaired) electrons. The van der Waals surface area contributed by atoms with Crippen LogP contribution in [0.15, 0.2) is 17.1 Å². The zero-order chi connectivity index (χ0) is 10.1. The second-order valence-electron chi connectivity index (χ2n) is 3.61. The Hall–Kier alpha value is -1.51. The van der Waals surface area contributed by atoms with Gasteiger partial charge in [-0.2, -0.15) is 0 Å². The first-order valence-electron chi connectivity index (χ1n) is 4.63. The van der Waals surface area contributed by atoms with Crippen LogP contribution in [-0.4, -0.2) is 20.8 Å². The summed E-state index contributed by atoms with van der Waals surface area (Å²) in [6, 6.07) is 4.13. The Kier molecular flexibility index (Phi) is 2.15. The molecule has 14 heavy (non-hydrogen) atoms. The van der Waals surface area contributed by atoms with E-state index >= 15 is 0 Å². The lowest BCUT2D eigenvalue weighted by molar-refractivity contribution is 0.296. The molecule has 3 nitrogen and oxygen atoms in total. The predicted octanol–water partition coefficient (Wildman–Crippen LogP) is 0.406. The van der Waals surface area contributed by atoms with Gasteiger partial charge in [-0.25, -0.2) is 4.99 Å². The first-order valence-corrected chi connectivity index (χ1v) is 4.63. The lowest BCUT2D eigenvalue weighted by Crippen LogP contribution is -2.32. The van der Waals surface area contributed by atoms with Gasteiger partial charge in [-0.05, 0) is 24.6 Å². The van der Waals surface area contributed by atoms with Crippen molar-refractivity contribution in [2.75, 3.05) is 25.7 Å². The molecule has 1 aromatic carbocycles. The highest BCUT2D eigenvalue weighted by molar-refractivity contribution is 5.52. The van der Waals surface area contributed by atoms with Crippen LogP contribution in [0.2, 0.25) is 0 Å². The van der Waals surface area contributed by atoms with Crippen molar-refractivity contribution >= 4 is 11.9 Å². The topological polar surface area (TPSA) is 24.8 Å². The molecule has 0 unspecified atom stereocenters. The Bertz CT molecular complexity index is 463. The van der Waals surface area contributed by atoms with Gasteiger partial charge >= 0.3 is 0 Å². The number of ether oxygens (including phenoxy) is 1. The summed E-state index contributed by atoms with van der Waals surface area (Å²) in [4.78, 5) is 6.45. The van der Waals surface area contributed by atoms with Crippen LogP contribution < -0.4 is 15.5 Å². The summed E-state index contributed by atoms with van der Waals surface area (Å²) in [7, 11) is 4.08. The molecule has 2 rings (SSSR count). The normalized spacial score (nSPS) is 13.4. The highest BCUT2D eigenvalue weighted by atomic mass is 16.5. The quantitative estimate of drug-likeness (QED) is 0.640. The molecule has 0 saturated heterocycles. The summed E-state index contributed by atoms with van der Waals surface area (Å²) in [6.07, 6.45) is 1.77. The summed E-state index contributed by atoms with van der Waals surface area (Å²) in [5.74, 6) is 0. The smallest absolute Gasteiger partial charge is 0.178 e. The van der Waals surface area contributed by atoms with E-state index in [9.17, 15) is 0 Å². The molecular weight excluding hydrogens is 176 g/mol. The molecule has 0 saturated carbocycles. The van der Waals surface area contributed by atoms with Gasteiger partial charge in [0.2, 0.25) is 0 Å². The SMILES string of the molecule is Cc1c(N(C)C)ccc2c1=NCOC=2. The van der Waals surface area contributed by atoms with Crippen molar-refractivity contribution < 1.29 is 4.74 Å². The monoisotopic (exact) mass is 190 g/mol. The molecule has 74 valence electrons. The van der Waals surface area contributed by atoms with Gasteiger partial charge in [0, 0.05) is 25.0 Å². The fraction of sp³-hybridized carbons (Fsp3) is 0.364. The highest BCUT2D eigenvalue weighted by Gasteiger charge is 2.05. The van der Waals surface area contributed by atoms with Gasteiger partial charge in [-0.3, -0.25) is 0 Å². The Labute approximate surface area is 83.3 Å². The van der Waals surface area contributed by atoms with E-state index in [1.54, 1.807) is 6.26 Å². The van der Waals surface area contributed by atoms with Gasteiger partial charge in [0.25, 0.3) is 0 Å². The third kappa shape index (κ3) is 1.35. The number of anilines is 1. The molecule has 0 fully saturated rings. The second kappa shape index (κ2) is 3.33. The Morgan fingerprint density at radius 2 is 2.14 bits per heavy atom. The molecule has 0 N–H and O–H groups in total. The maximum absolute atomic E-state index is 5.15. The average Bonchev–Trinajstić information content (AvgIpc) is 2.18. The van der Waals surface area contributed by atoms with E-state index in [0.717, 1.165) is 10.6 Å². The van der Waals surface area contributed by atoms with Gasteiger partial charge in [0.05, 0.1) is 11.6 Å². The minimum absolute atomic E-state index is 0.435. The van der Waals surface area contributed by atoms with E-state index in [0.29, 0.717) is 6.73 Å². The van der Waals surface area contributed by atoms with Gasteiger partial charge < -0.3 is 9.64 Å². The second-order valence-corrected chi connectivity index (χ2v) is 3.61. The number of hydrogen-bond acceptors (Lipinski definition) is 3. The van der Waals surface area contributed by atoms with E-state index in [4.69, 9.17) is 4.74 Å². The number of rotatable bonds is 1. The molecule has 1 aliphatic heterocycles. The van der Waals surface area contributed by atoms with Gasteiger partial charge in [-0.15, -0.1) is 0 Å². The van der Waals surface area contributed by atoms with Gasteiger partial charge in [0.15, 0.2) is 6.73 Å². The van der Waals surface area contributed by atoms with Crippen molar-refractivity contribution in [3.63, 3.8) is 0 Å². The van der Waals surface area contributed by atoms with Crippen LogP contribution >= 0.6 is 0 Å². The third-order valence-corrected chi connectivity index (χ3v) is 2.42. The van der Waals surface area contributed by atoms with E-state index in [-0.39, 0.29) is 0 Å². The Morgan fingerprint density at radius 1 is 1.36 bits per heavy atom. The highest BCUT2D eigenvalue weighted by Crippen LogP contribution is 2.11. The number of hydrogen-bond donors (Lipinski definition) is 0. The van der Waals surface area contributed by atoms with Crippen LogP contribution in [-0.2, 0) is 4.74 Å². The molecule has 0 amide bonds. The summed E-state index contributed by atoms with van der Waals surface area (Å²) >= 11 is 0. The molecule has 1 aliphatic rings. The average molecular weight is 190 g/mol. The standard InChI is InChI=1S/C11H14N2O/c1-8-10(13(2)3)5-4-9-6-14-7-12-11(8)9/h4-6H,7H2,1-3H3. The maximum Gasteiger partial charge on any atom is 0.178 e. The van der Waals surface area contributed by atoms with E-state index < -0.39 is 0 Å². The summed E-state index contributed by atoms with van der Waals surface area (Å²) < 4.78 is 5.15. The lowest BCUT2D eigenvalue weighted by Gasteiger charge is -2.16. The first-order chi connectivity index (χ1) is 6.70. The lowest BCUT2D eigenvalue weighted by atomic mass is 10.1. The van der Waals surface area contributed by atoms with Crippen molar-refractivity contribution in [2.45, 2.75) is 6.92 Å². The summed E-state index contributed by atoms with van der Waals surface area (Å²) in [5, 5.41) is 2.13. The van der Waals surface area contributed by atoms with Crippen molar-refractivity contribution in [2.24, 2.45) is 4.99 Å². The molecule has 3 heteroatoms. The molecule has 1 aromatic rings. The molecular formula is C11H14N2O. The number of benzene rings is 1. The number of fused-ring (bicyclic) bond motifs is 1. The molecule has 0 atom stereocenters. The van der Waals surface area contributed by atoms with Crippen molar-refractivity contribution in [3.05, 3.63) is 28.3 Å². The van der Waals surface area contributed by atoms with Crippen molar-refractivity contribution in [3.8, 4) is 0 Å².